The van der Waals surface area contributed by atoms with E-state index in [0.29, 0.717) is 18.7 Å². The van der Waals surface area contributed by atoms with Crippen LogP contribution in [0.1, 0.15) is 28.5 Å². The smallest absolute Gasteiger partial charge is 0.255 e. The van der Waals surface area contributed by atoms with Crippen LogP contribution in [0.2, 0.25) is 0 Å². The monoisotopic (exact) mass is 360 g/mol. The minimum absolute atomic E-state index is 0.0338. The highest BCUT2D eigenvalue weighted by Crippen LogP contribution is 2.20. The summed E-state index contributed by atoms with van der Waals surface area (Å²) in [6.45, 7) is 5.01. The third-order valence-corrected chi connectivity index (χ3v) is 4.39. The second-order valence-corrected chi connectivity index (χ2v) is 6.43. The zero-order valence-corrected chi connectivity index (χ0v) is 16.0. The first-order valence-corrected chi connectivity index (χ1v) is 9.08. The summed E-state index contributed by atoms with van der Waals surface area (Å²) >= 11 is 0. The first-order chi connectivity index (χ1) is 13.1. The molecule has 2 aromatic carbocycles. The summed E-state index contributed by atoms with van der Waals surface area (Å²) in [5.41, 5.74) is 4.34. The van der Waals surface area contributed by atoms with Crippen LogP contribution >= 0.6 is 0 Å². The van der Waals surface area contributed by atoms with Crippen molar-refractivity contribution in [1.29, 1.82) is 0 Å². The van der Waals surface area contributed by atoms with E-state index >= 15 is 0 Å². The van der Waals surface area contributed by atoms with Crippen molar-refractivity contribution in [3.63, 3.8) is 0 Å². The van der Waals surface area contributed by atoms with E-state index in [1.54, 1.807) is 4.90 Å². The van der Waals surface area contributed by atoms with Gasteiger partial charge in [-0.1, -0.05) is 42.5 Å². The van der Waals surface area contributed by atoms with Gasteiger partial charge in [-0.05, 0) is 43.7 Å². The summed E-state index contributed by atoms with van der Waals surface area (Å²) in [7, 11) is 1.81. The number of rotatable bonds is 6. The van der Waals surface area contributed by atoms with Crippen LogP contribution in [-0.2, 0) is 6.54 Å². The molecule has 1 amide bonds. The van der Waals surface area contributed by atoms with Crippen LogP contribution in [-0.4, -0.2) is 29.4 Å². The van der Waals surface area contributed by atoms with E-state index in [1.807, 2.05) is 87.6 Å². The standard InChI is InChI=1S/C23H24N2O2/c1-4-27-20-12-10-18(11-13-20)16-25(3)23(26)21-14-15-22(24-17(21)2)19-8-6-5-7-9-19/h5-15H,4,16H2,1-3H3. The van der Waals surface area contributed by atoms with Crippen LogP contribution in [0.25, 0.3) is 11.3 Å². The van der Waals surface area contributed by atoms with Gasteiger partial charge >= 0.3 is 0 Å². The molecule has 0 aliphatic rings. The largest absolute Gasteiger partial charge is 0.494 e. The first-order valence-electron chi connectivity index (χ1n) is 9.08. The maximum atomic E-state index is 12.8. The van der Waals surface area contributed by atoms with E-state index < -0.39 is 0 Å². The molecule has 0 saturated carbocycles. The number of nitrogens with zero attached hydrogens (tertiary/aromatic N) is 2. The van der Waals surface area contributed by atoms with E-state index in [4.69, 9.17) is 4.74 Å². The fraction of sp³-hybridized carbons (Fsp3) is 0.217. The molecule has 4 heteroatoms. The average molecular weight is 360 g/mol. The quantitative estimate of drug-likeness (QED) is 0.638. The Balaban J connectivity index is 1.72. The summed E-state index contributed by atoms with van der Waals surface area (Å²) in [6, 6.07) is 21.6. The molecule has 0 atom stereocenters. The Labute approximate surface area is 160 Å². The molecule has 27 heavy (non-hydrogen) atoms. The number of aryl methyl sites for hydroxylation is 1. The molecule has 0 fully saturated rings. The summed E-state index contributed by atoms with van der Waals surface area (Å²) in [5.74, 6) is 0.806. The number of hydrogen-bond acceptors (Lipinski definition) is 3. The average Bonchev–Trinajstić information content (AvgIpc) is 2.70. The van der Waals surface area contributed by atoms with Gasteiger partial charge in [0.15, 0.2) is 0 Å². The molecule has 0 aliphatic heterocycles. The lowest BCUT2D eigenvalue weighted by molar-refractivity contribution is 0.0784. The number of carbonyl (C=O) groups is 1. The predicted molar refractivity (Wildman–Crippen MR) is 108 cm³/mol. The molecule has 0 saturated heterocycles. The number of pyridine rings is 1. The third kappa shape index (κ3) is 4.53. The minimum atomic E-state index is -0.0338. The lowest BCUT2D eigenvalue weighted by Crippen LogP contribution is -2.27. The zero-order valence-electron chi connectivity index (χ0n) is 16.0. The van der Waals surface area contributed by atoms with Crippen LogP contribution in [0.5, 0.6) is 5.75 Å². The molecule has 0 radical (unpaired) electrons. The number of carbonyl (C=O) groups excluding carboxylic acids is 1. The maximum Gasteiger partial charge on any atom is 0.255 e. The van der Waals surface area contributed by atoms with Crippen LogP contribution in [0.3, 0.4) is 0 Å². The van der Waals surface area contributed by atoms with Gasteiger partial charge in [0.2, 0.25) is 0 Å². The van der Waals surface area contributed by atoms with Crippen LogP contribution in [0.4, 0.5) is 0 Å². The van der Waals surface area contributed by atoms with Crippen molar-refractivity contribution in [2.75, 3.05) is 13.7 Å². The number of benzene rings is 2. The lowest BCUT2D eigenvalue weighted by Gasteiger charge is -2.19. The predicted octanol–water partition coefficient (Wildman–Crippen LogP) is 4.73. The van der Waals surface area contributed by atoms with Gasteiger partial charge in [-0.2, -0.15) is 0 Å². The normalized spacial score (nSPS) is 10.5. The number of hydrogen-bond donors (Lipinski definition) is 0. The molecule has 0 bridgehead atoms. The van der Waals surface area contributed by atoms with Gasteiger partial charge in [0.25, 0.3) is 5.91 Å². The van der Waals surface area contributed by atoms with Crippen molar-refractivity contribution in [1.82, 2.24) is 9.88 Å². The Hall–Kier alpha value is -3.14. The number of amides is 1. The molecule has 3 aromatic rings. The van der Waals surface area contributed by atoms with Crippen molar-refractivity contribution in [2.45, 2.75) is 20.4 Å². The molecular formula is C23H24N2O2. The van der Waals surface area contributed by atoms with Gasteiger partial charge in [0, 0.05) is 19.2 Å². The number of ether oxygens (including phenoxy) is 1. The fourth-order valence-corrected chi connectivity index (χ4v) is 2.97. The van der Waals surface area contributed by atoms with E-state index in [2.05, 4.69) is 4.98 Å². The fourth-order valence-electron chi connectivity index (χ4n) is 2.97. The van der Waals surface area contributed by atoms with Crippen molar-refractivity contribution < 1.29 is 9.53 Å². The van der Waals surface area contributed by atoms with Gasteiger partial charge in [-0.15, -0.1) is 0 Å². The Bertz CT molecular complexity index is 905. The van der Waals surface area contributed by atoms with Gasteiger partial charge in [-0.25, -0.2) is 0 Å². The molecular weight excluding hydrogens is 336 g/mol. The molecule has 1 heterocycles. The highest BCUT2D eigenvalue weighted by molar-refractivity contribution is 5.95. The molecule has 3 rings (SSSR count). The summed E-state index contributed by atoms with van der Waals surface area (Å²) in [6.07, 6.45) is 0. The van der Waals surface area contributed by atoms with Gasteiger partial charge in [0.05, 0.1) is 23.6 Å². The number of aromatic nitrogens is 1. The molecule has 0 unspecified atom stereocenters. The summed E-state index contributed by atoms with van der Waals surface area (Å²) < 4.78 is 5.46. The summed E-state index contributed by atoms with van der Waals surface area (Å²) in [5, 5.41) is 0. The second-order valence-electron chi connectivity index (χ2n) is 6.43. The van der Waals surface area contributed by atoms with E-state index in [0.717, 1.165) is 28.3 Å². The Morgan fingerprint density at radius 1 is 1.00 bits per heavy atom. The highest BCUT2D eigenvalue weighted by Gasteiger charge is 2.16. The van der Waals surface area contributed by atoms with E-state index in [1.165, 1.54) is 0 Å². The van der Waals surface area contributed by atoms with Crippen LogP contribution in [0.15, 0.2) is 66.7 Å². The summed E-state index contributed by atoms with van der Waals surface area (Å²) in [4.78, 5) is 19.2. The SMILES string of the molecule is CCOc1ccc(CN(C)C(=O)c2ccc(-c3ccccc3)nc2C)cc1. The second kappa shape index (κ2) is 8.49. The maximum absolute atomic E-state index is 12.8. The molecule has 0 spiro atoms. The first kappa shape index (κ1) is 18.6. The minimum Gasteiger partial charge on any atom is -0.494 e. The van der Waals surface area contributed by atoms with Gasteiger partial charge in [0.1, 0.15) is 5.75 Å². The van der Waals surface area contributed by atoms with Crippen LogP contribution in [0, 0.1) is 6.92 Å². The van der Waals surface area contributed by atoms with E-state index in [9.17, 15) is 4.79 Å². The Kier molecular flexibility index (Phi) is 5.87. The topological polar surface area (TPSA) is 42.4 Å². The highest BCUT2D eigenvalue weighted by atomic mass is 16.5. The molecule has 0 aliphatic carbocycles. The van der Waals surface area contributed by atoms with Crippen LogP contribution < -0.4 is 4.74 Å². The molecule has 138 valence electrons. The van der Waals surface area contributed by atoms with Gasteiger partial charge < -0.3 is 9.64 Å². The Morgan fingerprint density at radius 2 is 1.70 bits per heavy atom. The van der Waals surface area contributed by atoms with Crippen molar-refractivity contribution in [3.8, 4) is 17.0 Å². The van der Waals surface area contributed by atoms with E-state index in [-0.39, 0.29) is 5.91 Å². The third-order valence-electron chi connectivity index (χ3n) is 4.39. The van der Waals surface area contributed by atoms with Crippen molar-refractivity contribution in [3.05, 3.63) is 83.6 Å². The van der Waals surface area contributed by atoms with Crippen molar-refractivity contribution >= 4 is 5.91 Å². The van der Waals surface area contributed by atoms with Gasteiger partial charge in [-0.3, -0.25) is 9.78 Å². The Morgan fingerprint density at radius 3 is 2.33 bits per heavy atom. The van der Waals surface area contributed by atoms with Crippen molar-refractivity contribution in [2.24, 2.45) is 0 Å². The lowest BCUT2D eigenvalue weighted by atomic mass is 10.1. The molecule has 1 aromatic heterocycles. The molecule has 4 nitrogen and oxygen atoms in total. The molecule has 0 N–H and O–H groups in total. The zero-order chi connectivity index (χ0) is 19.2.